The SMILES string of the molecule is CC.CCC.CCC.c1ccccc1. The quantitative estimate of drug-likeness (QED) is 0.510. The predicted molar refractivity (Wildman–Crippen MR) is 69.7 cm³/mol. The second kappa shape index (κ2) is 29.5. The maximum absolute atomic E-state index is 2.12. The lowest BCUT2D eigenvalue weighted by Gasteiger charge is -1.69. The van der Waals surface area contributed by atoms with Crippen LogP contribution in [0.5, 0.6) is 0 Å². The van der Waals surface area contributed by atoms with Crippen molar-refractivity contribution < 1.29 is 0 Å². The van der Waals surface area contributed by atoms with Gasteiger partial charge in [-0.1, -0.05) is 90.8 Å². The van der Waals surface area contributed by atoms with Crippen LogP contribution in [0.3, 0.4) is 0 Å². The summed E-state index contributed by atoms with van der Waals surface area (Å²) in [4.78, 5) is 0. The van der Waals surface area contributed by atoms with Crippen LogP contribution in [0, 0.1) is 0 Å². The molecule has 14 heavy (non-hydrogen) atoms. The molecule has 0 amide bonds. The van der Waals surface area contributed by atoms with E-state index < -0.39 is 0 Å². The topological polar surface area (TPSA) is 0 Å². The summed E-state index contributed by atoms with van der Waals surface area (Å²) in [6, 6.07) is 12.0. The molecule has 1 aromatic rings. The normalized spacial score (nSPS) is 6.43. The summed E-state index contributed by atoms with van der Waals surface area (Å²) in [5.74, 6) is 0. The molecule has 0 saturated carbocycles. The monoisotopic (exact) mass is 196 g/mol. The third-order valence-electron chi connectivity index (χ3n) is 0.667. The van der Waals surface area contributed by atoms with Gasteiger partial charge in [0.2, 0.25) is 0 Å². The van der Waals surface area contributed by atoms with Crippen molar-refractivity contribution in [3.8, 4) is 0 Å². The molecule has 1 aromatic carbocycles. The molecule has 0 fully saturated rings. The average molecular weight is 196 g/mol. The van der Waals surface area contributed by atoms with E-state index in [0.717, 1.165) is 0 Å². The number of benzene rings is 1. The first-order valence-electron chi connectivity index (χ1n) is 5.83. The molecule has 84 valence electrons. The standard InChI is InChI=1S/C6H6.2C3H8.C2H6/c1-2-4-6-5-3-1;2*1-3-2;1-2/h1-6H;2*3H2,1-2H3;1-2H3. The van der Waals surface area contributed by atoms with Gasteiger partial charge in [-0.25, -0.2) is 0 Å². The van der Waals surface area contributed by atoms with Crippen molar-refractivity contribution in [1.82, 2.24) is 0 Å². The lowest BCUT2D eigenvalue weighted by Crippen LogP contribution is -1.47. The Hall–Kier alpha value is -0.780. The van der Waals surface area contributed by atoms with Gasteiger partial charge in [0.05, 0.1) is 0 Å². The molecule has 0 saturated heterocycles. The zero-order valence-corrected chi connectivity index (χ0v) is 10.9. The minimum absolute atomic E-state index is 1.25. The van der Waals surface area contributed by atoms with Crippen LogP contribution in [0.1, 0.15) is 54.4 Å². The summed E-state index contributed by atoms with van der Waals surface area (Å²) in [5, 5.41) is 0. The van der Waals surface area contributed by atoms with Gasteiger partial charge in [0.15, 0.2) is 0 Å². The van der Waals surface area contributed by atoms with E-state index >= 15 is 0 Å². The van der Waals surface area contributed by atoms with E-state index in [0.29, 0.717) is 0 Å². The number of hydrogen-bond acceptors (Lipinski definition) is 0. The van der Waals surface area contributed by atoms with E-state index in [1.165, 1.54) is 12.8 Å². The first kappa shape index (κ1) is 18.9. The summed E-state index contributed by atoms with van der Waals surface area (Å²) >= 11 is 0. The van der Waals surface area contributed by atoms with E-state index in [9.17, 15) is 0 Å². The van der Waals surface area contributed by atoms with E-state index in [4.69, 9.17) is 0 Å². The second-order valence-corrected chi connectivity index (χ2v) is 2.57. The Bertz CT molecular complexity index is 92.0. The maximum atomic E-state index is 2.12. The van der Waals surface area contributed by atoms with Crippen molar-refractivity contribution in [3.05, 3.63) is 36.4 Å². The highest BCUT2D eigenvalue weighted by atomic mass is 13.6. The Labute approximate surface area is 91.4 Å². The third-order valence-corrected chi connectivity index (χ3v) is 0.667. The minimum Gasteiger partial charge on any atom is -0.0683 e. The molecule has 1 rings (SSSR count). The second-order valence-electron chi connectivity index (χ2n) is 2.57. The molecule has 0 atom stereocenters. The van der Waals surface area contributed by atoms with Crippen molar-refractivity contribution in [3.63, 3.8) is 0 Å². The first-order chi connectivity index (χ1) is 6.83. The molecule has 0 heteroatoms. The van der Waals surface area contributed by atoms with Gasteiger partial charge < -0.3 is 0 Å². The lowest BCUT2D eigenvalue weighted by atomic mass is 10.4. The summed E-state index contributed by atoms with van der Waals surface area (Å²) in [6.45, 7) is 12.5. The highest BCUT2D eigenvalue weighted by molar-refractivity contribution is 4.99. The zero-order valence-electron chi connectivity index (χ0n) is 10.9. The Balaban J connectivity index is -0.000000132. The molecule has 0 aromatic heterocycles. The molecular formula is C14H28. The molecule has 0 heterocycles. The summed E-state index contributed by atoms with van der Waals surface area (Å²) in [5.41, 5.74) is 0. The van der Waals surface area contributed by atoms with E-state index in [1.54, 1.807) is 0 Å². The van der Waals surface area contributed by atoms with E-state index in [-0.39, 0.29) is 0 Å². The third kappa shape index (κ3) is 43.0. The van der Waals surface area contributed by atoms with Crippen LogP contribution in [0.15, 0.2) is 36.4 Å². The van der Waals surface area contributed by atoms with Crippen LogP contribution in [-0.2, 0) is 0 Å². The molecule has 0 aliphatic heterocycles. The summed E-state index contributed by atoms with van der Waals surface area (Å²) < 4.78 is 0. The van der Waals surface area contributed by atoms with Gasteiger partial charge in [-0.05, 0) is 0 Å². The van der Waals surface area contributed by atoms with Crippen LogP contribution in [0.4, 0.5) is 0 Å². The minimum atomic E-state index is 1.25. The molecule has 0 N–H and O–H groups in total. The fourth-order valence-electron chi connectivity index (χ4n) is 0.385. The van der Waals surface area contributed by atoms with Gasteiger partial charge in [0, 0.05) is 0 Å². The molecule has 0 aliphatic rings. The van der Waals surface area contributed by atoms with E-state index in [1.807, 2.05) is 50.2 Å². The van der Waals surface area contributed by atoms with Crippen molar-refractivity contribution in [2.75, 3.05) is 0 Å². The Morgan fingerprint density at radius 1 is 0.500 bits per heavy atom. The van der Waals surface area contributed by atoms with Crippen molar-refractivity contribution in [2.24, 2.45) is 0 Å². The highest BCUT2D eigenvalue weighted by Gasteiger charge is 1.57. The fraction of sp³-hybridized carbons (Fsp3) is 0.571. The molecule has 0 aliphatic carbocycles. The molecule has 0 radical (unpaired) electrons. The number of hydrogen-bond donors (Lipinski definition) is 0. The molecule has 0 nitrogen and oxygen atoms in total. The van der Waals surface area contributed by atoms with Gasteiger partial charge >= 0.3 is 0 Å². The van der Waals surface area contributed by atoms with Crippen LogP contribution < -0.4 is 0 Å². The molecule has 0 spiro atoms. The van der Waals surface area contributed by atoms with Gasteiger partial charge in [0.1, 0.15) is 0 Å². The van der Waals surface area contributed by atoms with E-state index in [2.05, 4.69) is 27.7 Å². The van der Waals surface area contributed by atoms with Crippen molar-refractivity contribution in [2.45, 2.75) is 54.4 Å². The highest BCUT2D eigenvalue weighted by Crippen LogP contribution is 1.79. The summed E-state index contributed by atoms with van der Waals surface area (Å²) in [7, 11) is 0. The zero-order chi connectivity index (χ0) is 11.7. The number of rotatable bonds is 0. The lowest BCUT2D eigenvalue weighted by molar-refractivity contribution is 1.09. The van der Waals surface area contributed by atoms with Gasteiger partial charge in [0.25, 0.3) is 0 Å². The summed E-state index contributed by atoms with van der Waals surface area (Å²) in [6.07, 6.45) is 2.50. The van der Waals surface area contributed by atoms with Crippen LogP contribution in [0.2, 0.25) is 0 Å². The van der Waals surface area contributed by atoms with Crippen molar-refractivity contribution >= 4 is 0 Å². The average Bonchev–Trinajstić information content (AvgIpc) is 2.26. The Morgan fingerprint density at radius 2 is 0.571 bits per heavy atom. The van der Waals surface area contributed by atoms with Crippen LogP contribution in [-0.4, -0.2) is 0 Å². The Morgan fingerprint density at radius 3 is 0.643 bits per heavy atom. The van der Waals surface area contributed by atoms with Crippen molar-refractivity contribution in [1.29, 1.82) is 0 Å². The van der Waals surface area contributed by atoms with Gasteiger partial charge in [-0.15, -0.1) is 0 Å². The van der Waals surface area contributed by atoms with Crippen LogP contribution >= 0.6 is 0 Å². The fourth-order valence-corrected chi connectivity index (χ4v) is 0.385. The molecule has 0 unspecified atom stereocenters. The first-order valence-corrected chi connectivity index (χ1v) is 5.83. The smallest absolute Gasteiger partial charge is 0.0590 e. The molecular weight excluding hydrogens is 168 g/mol. The van der Waals surface area contributed by atoms with Gasteiger partial charge in [-0.2, -0.15) is 0 Å². The maximum Gasteiger partial charge on any atom is -0.0590 e. The van der Waals surface area contributed by atoms with Gasteiger partial charge in [-0.3, -0.25) is 0 Å². The largest absolute Gasteiger partial charge is 0.0683 e. The molecule has 0 bridgehead atoms. The van der Waals surface area contributed by atoms with Crippen LogP contribution in [0.25, 0.3) is 0 Å². The predicted octanol–water partition coefficient (Wildman–Crippen LogP) is 5.55. The Kier molecular flexibility index (Phi) is 39.8.